The Kier molecular flexibility index (Phi) is 11.1. The lowest BCUT2D eigenvalue weighted by molar-refractivity contribution is -0.147. The molecule has 3 unspecified atom stereocenters. The maximum absolute atomic E-state index is 13.7. The molecule has 1 fully saturated rings. The average molecular weight is 546 g/mol. The van der Waals surface area contributed by atoms with Crippen LogP contribution in [-0.4, -0.2) is 42.2 Å². The number of ether oxygens (including phenoxy) is 1. The summed E-state index contributed by atoms with van der Waals surface area (Å²) in [6.45, 7) is 0. The number of nitrogens with one attached hydrogen (secondary N) is 1. The van der Waals surface area contributed by atoms with Gasteiger partial charge in [-0.1, -0.05) is 104 Å². The Hall–Kier alpha value is -3.01. The van der Waals surface area contributed by atoms with E-state index in [1.165, 1.54) is 12.7 Å². The number of hydrogen-bond acceptors (Lipinski definition) is 4. The summed E-state index contributed by atoms with van der Waals surface area (Å²) in [6, 6.07) is 28.0. The van der Waals surface area contributed by atoms with Gasteiger partial charge in [0.05, 0.1) is 7.11 Å². The first-order valence-corrected chi connectivity index (χ1v) is 15.7. The predicted octanol–water partition coefficient (Wildman–Crippen LogP) is 6.38. The van der Waals surface area contributed by atoms with Crippen molar-refractivity contribution in [2.45, 2.75) is 51.0 Å². The fraction of sp³-hybridized carbons (Fsp3) is 0.394. The van der Waals surface area contributed by atoms with E-state index in [1.807, 2.05) is 36.4 Å². The summed E-state index contributed by atoms with van der Waals surface area (Å²) in [5.74, 6) is -0.897. The second-order valence-electron chi connectivity index (χ2n) is 10.5. The molecule has 39 heavy (non-hydrogen) atoms. The molecule has 0 heterocycles. The molecule has 0 saturated heterocycles. The Morgan fingerprint density at radius 2 is 1.49 bits per heavy atom. The van der Waals surface area contributed by atoms with E-state index >= 15 is 0 Å². The van der Waals surface area contributed by atoms with Gasteiger partial charge in [0.25, 0.3) is 0 Å². The minimum Gasteiger partial charge on any atom is -0.467 e. The fourth-order valence-electron chi connectivity index (χ4n) is 5.47. The zero-order chi connectivity index (χ0) is 27.5. The van der Waals surface area contributed by atoms with Crippen molar-refractivity contribution in [1.29, 1.82) is 0 Å². The number of esters is 1. The van der Waals surface area contributed by atoms with Crippen LogP contribution in [0.3, 0.4) is 0 Å². The van der Waals surface area contributed by atoms with Crippen molar-refractivity contribution in [2.75, 3.05) is 19.4 Å². The Morgan fingerprint density at radius 3 is 2.13 bits per heavy atom. The van der Waals surface area contributed by atoms with E-state index in [4.69, 9.17) is 4.74 Å². The van der Waals surface area contributed by atoms with Crippen LogP contribution >= 0.6 is 8.15 Å². The molecule has 0 aromatic heterocycles. The summed E-state index contributed by atoms with van der Waals surface area (Å²) >= 11 is 0. The lowest BCUT2D eigenvalue weighted by Gasteiger charge is -2.30. The van der Waals surface area contributed by atoms with Crippen LogP contribution in [0.5, 0.6) is 0 Å². The molecule has 2 N–H and O–H groups in total. The third-order valence-corrected chi connectivity index (χ3v) is 9.32. The molecule has 3 aromatic rings. The normalized spacial score (nSPS) is 16.2. The lowest BCUT2D eigenvalue weighted by atomic mass is 9.83. The first-order valence-electron chi connectivity index (χ1n) is 14.0. The van der Waals surface area contributed by atoms with Crippen LogP contribution in [0.25, 0.3) is 11.1 Å². The molecule has 0 bridgehead atoms. The fourth-order valence-corrected chi connectivity index (χ4v) is 6.97. The Bertz CT molecular complexity index is 1160. The zero-order valence-corrected chi connectivity index (χ0v) is 23.7. The summed E-state index contributed by atoms with van der Waals surface area (Å²) in [4.78, 5) is 37.4. The number of rotatable bonds is 12. The highest BCUT2D eigenvalue weighted by molar-refractivity contribution is 7.51. The van der Waals surface area contributed by atoms with Gasteiger partial charge in [0.1, 0.15) is 6.04 Å². The topological polar surface area (TPSA) is 75.6 Å². The molecule has 4 rings (SSSR count). The molecule has 1 saturated carbocycles. The van der Waals surface area contributed by atoms with Crippen LogP contribution in [0, 0.1) is 11.8 Å². The smallest absolute Gasteiger partial charge is 0.328 e. The minimum absolute atomic E-state index is 0.0923. The number of carbonyl (C=O) groups excluding carboxylic acids is 2. The maximum atomic E-state index is 13.7. The molecule has 3 atom stereocenters. The summed E-state index contributed by atoms with van der Waals surface area (Å²) in [5, 5.41) is 3.06. The van der Waals surface area contributed by atoms with E-state index in [-0.39, 0.29) is 17.8 Å². The number of hydrogen-bond donors (Lipinski definition) is 2. The number of benzene rings is 3. The van der Waals surface area contributed by atoms with E-state index in [0.29, 0.717) is 18.7 Å². The van der Waals surface area contributed by atoms with Gasteiger partial charge in [-0.25, -0.2) is 4.79 Å². The Morgan fingerprint density at radius 1 is 0.872 bits per heavy atom. The second kappa shape index (κ2) is 15.0. The van der Waals surface area contributed by atoms with Crippen molar-refractivity contribution < 1.29 is 19.2 Å². The molecule has 5 nitrogen and oxygen atoms in total. The molecular formula is C33H40NO4P. The van der Waals surface area contributed by atoms with Gasteiger partial charge in [0.2, 0.25) is 5.91 Å². The Labute approximate surface area is 233 Å². The van der Waals surface area contributed by atoms with Crippen LogP contribution in [0.2, 0.25) is 0 Å². The number of methoxy groups -OCH3 is 1. The van der Waals surface area contributed by atoms with Crippen LogP contribution < -0.4 is 5.32 Å². The van der Waals surface area contributed by atoms with E-state index in [0.717, 1.165) is 55.2 Å². The van der Waals surface area contributed by atoms with Crippen molar-refractivity contribution >= 4 is 20.0 Å². The summed E-state index contributed by atoms with van der Waals surface area (Å²) in [5.41, 5.74) is 4.48. The standard InChI is InChI=1S/C33H40NO4P/c1-38-33(36)31(29-15-9-4-10-16-29)34-32(35)30(24-39(37)22-21-25-11-5-2-6-12-25)23-26-17-19-28(20-18-26)27-13-7-3-8-14-27/h2-3,5-8,11-14,17-20,29-31,37H,4,9-10,15-16,21-24H2,1H3,(H,34,35). The van der Waals surface area contributed by atoms with Crippen molar-refractivity contribution in [2.24, 2.45) is 11.8 Å². The van der Waals surface area contributed by atoms with Gasteiger partial charge in [0.15, 0.2) is 0 Å². The van der Waals surface area contributed by atoms with Crippen LogP contribution in [0.4, 0.5) is 0 Å². The monoisotopic (exact) mass is 545 g/mol. The van der Waals surface area contributed by atoms with Gasteiger partial charge in [-0.3, -0.25) is 4.79 Å². The number of aryl methyl sites for hydroxylation is 1. The highest BCUT2D eigenvalue weighted by Crippen LogP contribution is 2.35. The molecule has 6 heteroatoms. The molecule has 206 valence electrons. The number of carbonyl (C=O) groups is 2. The van der Waals surface area contributed by atoms with E-state index in [1.54, 1.807) is 0 Å². The molecule has 0 radical (unpaired) electrons. The van der Waals surface area contributed by atoms with Gasteiger partial charge >= 0.3 is 5.97 Å². The van der Waals surface area contributed by atoms with Gasteiger partial charge in [-0.15, -0.1) is 0 Å². The predicted molar refractivity (Wildman–Crippen MR) is 159 cm³/mol. The maximum Gasteiger partial charge on any atom is 0.328 e. The van der Waals surface area contributed by atoms with Crippen LogP contribution in [0.1, 0.15) is 43.2 Å². The highest BCUT2D eigenvalue weighted by Gasteiger charge is 2.34. The van der Waals surface area contributed by atoms with Crippen molar-refractivity contribution in [3.8, 4) is 11.1 Å². The molecule has 1 aliphatic carbocycles. The summed E-state index contributed by atoms with van der Waals surface area (Å²) < 4.78 is 5.09. The third-order valence-electron chi connectivity index (χ3n) is 7.72. The third kappa shape index (κ3) is 8.74. The van der Waals surface area contributed by atoms with Crippen LogP contribution in [-0.2, 0) is 27.2 Å². The lowest BCUT2D eigenvalue weighted by Crippen LogP contribution is -2.49. The van der Waals surface area contributed by atoms with Gasteiger partial charge < -0.3 is 14.9 Å². The zero-order valence-electron chi connectivity index (χ0n) is 22.8. The molecule has 1 aliphatic rings. The first-order chi connectivity index (χ1) is 19.0. The summed E-state index contributed by atoms with van der Waals surface area (Å²) in [6.07, 6.45) is 7.42. The molecule has 3 aromatic carbocycles. The first kappa shape index (κ1) is 29.0. The van der Waals surface area contributed by atoms with E-state index < -0.39 is 20.1 Å². The quantitative estimate of drug-likeness (QED) is 0.205. The van der Waals surface area contributed by atoms with Gasteiger partial charge in [0, 0.05) is 20.2 Å². The SMILES string of the molecule is COC(=O)C(NC(=O)C(Cc1ccc(-c2ccccc2)cc1)CP(O)CCc1ccccc1)C1CCCCC1. The Balaban J connectivity index is 1.48. The molecule has 1 amide bonds. The minimum atomic E-state index is -1.35. The summed E-state index contributed by atoms with van der Waals surface area (Å²) in [7, 11) is 0.0316. The molecular weight excluding hydrogens is 505 g/mol. The van der Waals surface area contributed by atoms with Crippen molar-refractivity contribution in [3.63, 3.8) is 0 Å². The highest BCUT2D eigenvalue weighted by atomic mass is 31.1. The molecule has 0 aliphatic heterocycles. The van der Waals surface area contributed by atoms with E-state index in [9.17, 15) is 14.5 Å². The van der Waals surface area contributed by atoms with Crippen LogP contribution in [0.15, 0.2) is 84.9 Å². The molecule has 0 spiro atoms. The van der Waals surface area contributed by atoms with Crippen molar-refractivity contribution in [3.05, 3.63) is 96.1 Å². The van der Waals surface area contributed by atoms with Gasteiger partial charge in [-0.2, -0.15) is 0 Å². The van der Waals surface area contributed by atoms with Crippen molar-refractivity contribution in [1.82, 2.24) is 5.32 Å². The second-order valence-corrected chi connectivity index (χ2v) is 12.3. The largest absolute Gasteiger partial charge is 0.467 e. The average Bonchev–Trinajstić information content (AvgIpc) is 2.99. The number of amides is 1. The van der Waals surface area contributed by atoms with E-state index in [2.05, 4.69) is 53.8 Å². The van der Waals surface area contributed by atoms with Gasteiger partial charge in [-0.05, 0) is 60.0 Å².